The van der Waals surface area contributed by atoms with Gasteiger partial charge in [-0.1, -0.05) is 26.8 Å². The Morgan fingerprint density at radius 2 is 1.84 bits per heavy atom. The van der Waals surface area contributed by atoms with Crippen molar-refractivity contribution in [2.45, 2.75) is 71.3 Å². The van der Waals surface area contributed by atoms with Gasteiger partial charge in [-0.2, -0.15) is 0 Å². The van der Waals surface area contributed by atoms with Gasteiger partial charge in [0.2, 0.25) is 5.78 Å². The summed E-state index contributed by atoms with van der Waals surface area (Å²) >= 11 is 0. The van der Waals surface area contributed by atoms with Crippen molar-refractivity contribution < 1.29 is 34.8 Å². The molecule has 4 N–H and O–H groups in total. The average Bonchev–Trinajstić information content (AvgIpc) is 2.77. The summed E-state index contributed by atoms with van der Waals surface area (Å²) in [7, 11) is 3.97. The molecule has 0 aliphatic heterocycles. The Balaban J connectivity index is 2.02. The lowest BCUT2D eigenvalue weighted by atomic mass is 9.60. The third-order valence-electron chi connectivity index (χ3n) is 7.53. The number of phenolic OH excluding ortho intramolecular Hbond substituents is 1. The van der Waals surface area contributed by atoms with Crippen molar-refractivity contribution in [1.29, 1.82) is 0 Å². The van der Waals surface area contributed by atoms with E-state index in [1.807, 2.05) is 40.9 Å². The molecule has 3 atom stereocenters. The van der Waals surface area contributed by atoms with Gasteiger partial charge in [0.05, 0.1) is 12.0 Å². The van der Waals surface area contributed by atoms with Crippen molar-refractivity contribution in [3.8, 4) is 5.75 Å². The molecule has 0 radical (unpaired) electrons. The summed E-state index contributed by atoms with van der Waals surface area (Å²) in [5, 5.41) is 43.1. The van der Waals surface area contributed by atoms with E-state index >= 15 is 0 Å². The molecular weight excluding hydrogens is 474 g/mol. The monoisotopic (exact) mass is 515 g/mol. The van der Waals surface area contributed by atoms with E-state index in [1.54, 1.807) is 0 Å². The standard InChI is InChI=1S/C29H41NO7/c1-28(2,3)16-20(32)15-23(34)29(37)19(10-12-31)13-18-14-21-17(7-6-11-30(4)5)8-9-22(33)25(21)26(35)24(18)27(29)36/h8-9,18-19,31,33,35,37H,6-7,10-16H2,1-5H3/t18?,19?,29-/m1/s1. The Kier molecular flexibility index (Phi) is 8.67. The van der Waals surface area contributed by atoms with E-state index in [4.69, 9.17) is 0 Å². The van der Waals surface area contributed by atoms with Crippen molar-refractivity contribution in [2.75, 3.05) is 27.2 Å². The second-order valence-corrected chi connectivity index (χ2v) is 12.1. The van der Waals surface area contributed by atoms with E-state index in [0.717, 1.165) is 30.5 Å². The van der Waals surface area contributed by atoms with Gasteiger partial charge < -0.3 is 25.3 Å². The molecule has 8 heteroatoms. The summed E-state index contributed by atoms with van der Waals surface area (Å²) in [6.07, 6.45) is 1.67. The molecule has 0 heterocycles. The normalized spacial score (nSPS) is 23.7. The molecule has 2 aliphatic carbocycles. The number of carbonyl (C=O) groups excluding carboxylic acids is 3. The molecule has 2 unspecified atom stereocenters. The highest BCUT2D eigenvalue weighted by Crippen LogP contribution is 2.49. The lowest BCUT2D eigenvalue weighted by molar-refractivity contribution is -0.160. The van der Waals surface area contributed by atoms with Crippen molar-refractivity contribution in [3.63, 3.8) is 0 Å². The molecule has 1 aromatic rings. The maximum absolute atomic E-state index is 13.8. The number of fused-ring (bicyclic) bond motifs is 2. The molecule has 204 valence electrons. The fraction of sp³-hybridized carbons (Fsp3) is 0.621. The van der Waals surface area contributed by atoms with Crippen LogP contribution in [-0.2, 0) is 27.2 Å². The Morgan fingerprint density at radius 3 is 2.43 bits per heavy atom. The fourth-order valence-electron chi connectivity index (χ4n) is 5.88. The molecule has 3 rings (SSSR count). The lowest BCUT2D eigenvalue weighted by Gasteiger charge is -2.44. The number of nitrogens with zero attached hydrogens (tertiary/aromatic N) is 1. The molecule has 0 amide bonds. The number of aromatic hydroxyl groups is 1. The third kappa shape index (κ3) is 5.97. The van der Waals surface area contributed by atoms with Gasteiger partial charge in [-0.05, 0) is 81.3 Å². The van der Waals surface area contributed by atoms with Gasteiger partial charge in [-0.3, -0.25) is 14.4 Å². The van der Waals surface area contributed by atoms with Crippen LogP contribution in [0.25, 0.3) is 5.76 Å². The van der Waals surface area contributed by atoms with Gasteiger partial charge in [-0.15, -0.1) is 0 Å². The minimum Gasteiger partial charge on any atom is -0.507 e. The highest BCUT2D eigenvalue weighted by atomic mass is 16.3. The van der Waals surface area contributed by atoms with E-state index in [2.05, 4.69) is 4.90 Å². The number of hydrogen-bond donors (Lipinski definition) is 4. The van der Waals surface area contributed by atoms with Crippen molar-refractivity contribution in [1.82, 2.24) is 4.90 Å². The van der Waals surface area contributed by atoms with E-state index < -0.39 is 41.2 Å². The molecule has 0 saturated heterocycles. The Labute approximate surface area is 219 Å². The Morgan fingerprint density at radius 1 is 1.16 bits per heavy atom. The molecule has 0 aromatic heterocycles. The number of hydrogen-bond acceptors (Lipinski definition) is 8. The van der Waals surface area contributed by atoms with Crippen LogP contribution in [0.5, 0.6) is 5.75 Å². The number of aliphatic hydroxyl groups is 3. The minimum atomic E-state index is -2.52. The van der Waals surface area contributed by atoms with Crippen LogP contribution >= 0.6 is 0 Å². The Hall–Kier alpha value is -2.55. The first-order valence-corrected chi connectivity index (χ1v) is 13.1. The molecule has 0 spiro atoms. The zero-order valence-corrected chi connectivity index (χ0v) is 22.6. The highest BCUT2D eigenvalue weighted by molar-refractivity contribution is 6.23. The summed E-state index contributed by atoms with van der Waals surface area (Å²) in [5.41, 5.74) is -1.06. The second-order valence-electron chi connectivity index (χ2n) is 12.1. The summed E-state index contributed by atoms with van der Waals surface area (Å²) in [4.78, 5) is 41.7. The number of aliphatic hydroxyl groups excluding tert-OH is 2. The van der Waals surface area contributed by atoms with Gasteiger partial charge in [0, 0.05) is 24.5 Å². The first-order chi connectivity index (χ1) is 17.2. The van der Waals surface area contributed by atoms with E-state index in [-0.39, 0.29) is 54.0 Å². The molecule has 37 heavy (non-hydrogen) atoms. The quantitative estimate of drug-likeness (QED) is 0.349. The molecule has 1 fully saturated rings. The van der Waals surface area contributed by atoms with E-state index in [9.17, 15) is 34.8 Å². The zero-order valence-electron chi connectivity index (χ0n) is 22.6. The molecule has 1 saturated carbocycles. The van der Waals surface area contributed by atoms with Crippen molar-refractivity contribution >= 4 is 23.1 Å². The van der Waals surface area contributed by atoms with Crippen molar-refractivity contribution in [2.24, 2.45) is 17.3 Å². The lowest BCUT2D eigenvalue weighted by Crippen LogP contribution is -2.59. The van der Waals surface area contributed by atoms with Crippen LogP contribution in [0.2, 0.25) is 0 Å². The summed E-state index contributed by atoms with van der Waals surface area (Å²) in [5.74, 6) is -4.18. The predicted molar refractivity (Wildman–Crippen MR) is 140 cm³/mol. The number of ketones is 3. The van der Waals surface area contributed by atoms with Gasteiger partial charge in [0.15, 0.2) is 11.4 Å². The third-order valence-corrected chi connectivity index (χ3v) is 7.53. The van der Waals surface area contributed by atoms with Crippen LogP contribution in [0, 0.1) is 17.3 Å². The Bertz CT molecular complexity index is 1100. The number of Topliss-reactive ketones (excluding diaryl/α,β-unsaturated/α-hetero) is 3. The van der Waals surface area contributed by atoms with Crippen LogP contribution in [0.1, 0.15) is 69.6 Å². The maximum Gasteiger partial charge on any atom is 0.202 e. The highest BCUT2D eigenvalue weighted by Gasteiger charge is 2.57. The SMILES string of the molecule is CN(C)CCCc1ccc(O)c2c1CC1CC(CCO)[C@@](O)(C(=O)CC(=O)CC(C)(C)C)C(=O)C1=C2O. The first-order valence-electron chi connectivity index (χ1n) is 13.1. The second kappa shape index (κ2) is 11.1. The summed E-state index contributed by atoms with van der Waals surface area (Å²) in [6.45, 7) is 6.11. The van der Waals surface area contributed by atoms with Crippen LogP contribution in [0.4, 0.5) is 0 Å². The van der Waals surface area contributed by atoms with Gasteiger partial charge in [0.25, 0.3) is 0 Å². The number of carbonyl (C=O) groups is 3. The number of aryl methyl sites for hydroxylation is 1. The molecule has 8 nitrogen and oxygen atoms in total. The molecule has 1 aromatic carbocycles. The molecular formula is C29H41NO7. The van der Waals surface area contributed by atoms with Gasteiger partial charge >= 0.3 is 0 Å². The molecule has 0 bridgehead atoms. The minimum absolute atomic E-state index is 0.00850. The predicted octanol–water partition coefficient (Wildman–Crippen LogP) is 2.99. The maximum atomic E-state index is 13.8. The van der Waals surface area contributed by atoms with E-state index in [0.29, 0.717) is 6.42 Å². The van der Waals surface area contributed by atoms with Crippen LogP contribution < -0.4 is 0 Å². The average molecular weight is 516 g/mol. The number of phenols is 1. The van der Waals surface area contributed by atoms with Crippen LogP contribution in [-0.4, -0.2) is 75.5 Å². The summed E-state index contributed by atoms with van der Waals surface area (Å²) in [6, 6.07) is 3.32. The molecule has 2 aliphatic rings. The zero-order chi connectivity index (χ0) is 27.7. The van der Waals surface area contributed by atoms with Crippen molar-refractivity contribution in [3.05, 3.63) is 34.4 Å². The van der Waals surface area contributed by atoms with E-state index in [1.165, 1.54) is 6.07 Å². The van der Waals surface area contributed by atoms with Crippen LogP contribution in [0.15, 0.2) is 17.7 Å². The smallest absolute Gasteiger partial charge is 0.202 e. The number of rotatable bonds is 10. The first kappa shape index (κ1) is 29.0. The van der Waals surface area contributed by atoms with Crippen LogP contribution in [0.3, 0.4) is 0 Å². The van der Waals surface area contributed by atoms with Gasteiger partial charge in [0.1, 0.15) is 17.3 Å². The van der Waals surface area contributed by atoms with Gasteiger partial charge in [-0.25, -0.2) is 0 Å². The largest absolute Gasteiger partial charge is 0.507 e. The number of benzene rings is 1. The topological polar surface area (TPSA) is 135 Å². The summed E-state index contributed by atoms with van der Waals surface area (Å²) < 4.78 is 0. The fourth-order valence-corrected chi connectivity index (χ4v) is 5.88.